The van der Waals surface area contributed by atoms with Crippen molar-refractivity contribution in [3.8, 4) is 34.3 Å². The van der Waals surface area contributed by atoms with E-state index < -0.39 is 0 Å². The van der Waals surface area contributed by atoms with Crippen LogP contribution in [0.2, 0.25) is 0 Å². The summed E-state index contributed by atoms with van der Waals surface area (Å²) in [4.78, 5) is 27.6. The van der Waals surface area contributed by atoms with E-state index in [-0.39, 0.29) is 0 Å². The summed E-state index contributed by atoms with van der Waals surface area (Å²) in [5.74, 6) is 4.17. The lowest BCUT2D eigenvalue weighted by Crippen LogP contribution is -2.01. The molecule has 0 saturated heterocycles. The van der Waals surface area contributed by atoms with Gasteiger partial charge < -0.3 is 9.47 Å². The molecule has 0 fully saturated rings. The number of nitrogens with zero attached hydrogens (tertiary/aromatic N) is 8. The minimum atomic E-state index is 0.404. The van der Waals surface area contributed by atoms with E-state index in [0.717, 1.165) is 69.7 Å². The molecule has 0 amide bonds. The van der Waals surface area contributed by atoms with E-state index in [2.05, 4.69) is 46.5 Å². The zero-order chi connectivity index (χ0) is 32.8. The maximum Gasteiger partial charge on any atom is 0.222 e. The van der Waals surface area contributed by atoms with Crippen molar-refractivity contribution in [2.45, 2.75) is 80.1 Å². The topological polar surface area (TPSA) is 105 Å². The molecule has 0 unspecified atom stereocenters. The van der Waals surface area contributed by atoms with E-state index in [1.807, 2.05) is 76.5 Å². The Morgan fingerprint density at radius 1 is 0.609 bits per heavy atom. The predicted octanol–water partition coefficient (Wildman–Crippen LogP) is 8.02. The lowest BCUT2D eigenvalue weighted by atomic mass is 10.1. The zero-order valence-electron chi connectivity index (χ0n) is 28.2. The quantitative estimate of drug-likeness (QED) is 0.152. The van der Waals surface area contributed by atoms with Gasteiger partial charge in [-0.25, -0.2) is 29.9 Å². The lowest BCUT2D eigenvalue weighted by molar-refractivity contribution is 0.328. The number of ether oxygens (including phenoxy) is 2. The third-order valence-corrected chi connectivity index (χ3v) is 8.14. The van der Waals surface area contributed by atoms with Crippen LogP contribution in [0.1, 0.15) is 89.3 Å². The summed E-state index contributed by atoms with van der Waals surface area (Å²) in [5.41, 5.74) is 7.20. The Labute approximate surface area is 270 Å². The molecule has 240 valence electrons. The third-order valence-electron chi connectivity index (χ3n) is 8.14. The molecule has 0 spiro atoms. The van der Waals surface area contributed by atoms with Gasteiger partial charge in [0.15, 0.2) is 11.3 Å². The van der Waals surface area contributed by atoms with Crippen molar-refractivity contribution in [1.82, 2.24) is 38.7 Å². The summed E-state index contributed by atoms with van der Waals surface area (Å²) in [6, 6.07) is 11.8. The number of aryl methyl sites for hydroxylation is 2. The van der Waals surface area contributed by atoms with Crippen molar-refractivity contribution in [2.75, 3.05) is 13.2 Å². The molecule has 0 aliphatic carbocycles. The summed E-state index contributed by atoms with van der Waals surface area (Å²) in [5, 5.41) is 0. The molecular formula is C36H44N8O2. The van der Waals surface area contributed by atoms with E-state index in [4.69, 9.17) is 29.4 Å². The van der Waals surface area contributed by atoms with Crippen molar-refractivity contribution in [3.63, 3.8) is 0 Å². The molecule has 0 bridgehead atoms. The molecule has 0 aliphatic rings. The molecule has 6 aromatic rings. The highest BCUT2D eigenvalue weighted by Crippen LogP contribution is 2.30. The van der Waals surface area contributed by atoms with Crippen LogP contribution in [0.5, 0.6) is 11.8 Å². The second kappa shape index (κ2) is 14.5. The second-order valence-corrected chi connectivity index (χ2v) is 11.3. The van der Waals surface area contributed by atoms with Crippen molar-refractivity contribution < 1.29 is 9.47 Å². The van der Waals surface area contributed by atoms with Crippen molar-refractivity contribution in [2.24, 2.45) is 0 Å². The standard InChI is InChI=1S/2C18H22N4O/c2*1-5-12(3)16-20-13(4)17-21-15(9-11-22(16)17)14-8-7-10-19-18(14)23-6-2/h2*7-12H,5-6H2,1-4H3/t2*12-/m10/s1. The van der Waals surface area contributed by atoms with Gasteiger partial charge in [0, 0.05) is 36.6 Å². The van der Waals surface area contributed by atoms with Crippen molar-refractivity contribution in [3.05, 3.63) is 84.2 Å². The molecule has 10 nitrogen and oxygen atoms in total. The molecule has 0 aromatic carbocycles. The molecule has 0 aliphatic heterocycles. The molecule has 0 saturated carbocycles. The minimum absolute atomic E-state index is 0.404. The van der Waals surface area contributed by atoms with Gasteiger partial charge in [0.2, 0.25) is 11.8 Å². The Hall–Kier alpha value is -4.86. The lowest BCUT2D eigenvalue weighted by Gasteiger charge is -2.10. The van der Waals surface area contributed by atoms with E-state index in [1.165, 1.54) is 0 Å². The van der Waals surface area contributed by atoms with Crippen LogP contribution in [0.3, 0.4) is 0 Å². The molecule has 2 atom stereocenters. The van der Waals surface area contributed by atoms with Gasteiger partial charge in [-0.2, -0.15) is 0 Å². The highest BCUT2D eigenvalue weighted by atomic mass is 16.5. The molecule has 10 heteroatoms. The Bertz CT molecular complexity index is 1790. The van der Waals surface area contributed by atoms with Crippen LogP contribution in [0, 0.1) is 13.8 Å². The average molecular weight is 621 g/mol. The maximum atomic E-state index is 5.62. The Kier molecular flexibility index (Phi) is 10.2. The van der Waals surface area contributed by atoms with Gasteiger partial charge in [-0.05, 0) is 76.9 Å². The van der Waals surface area contributed by atoms with Crippen LogP contribution in [-0.2, 0) is 0 Å². The van der Waals surface area contributed by atoms with Crippen LogP contribution >= 0.6 is 0 Å². The number of aromatic nitrogens is 8. The third kappa shape index (κ3) is 6.56. The molecule has 0 radical (unpaired) electrons. The average Bonchev–Trinajstić information content (AvgIpc) is 3.60. The van der Waals surface area contributed by atoms with Gasteiger partial charge in [-0.3, -0.25) is 8.80 Å². The molecule has 46 heavy (non-hydrogen) atoms. The normalized spacial score (nSPS) is 12.5. The van der Waals surface area contributed by atoms with E-state index >= 15 is 0 Å². The highest BCUT2D eigenvalue weighted by Gasteiger charge is 2.18. The van der Waals surface area contributed by atoms with E-state index in [9.17, 15) is 0 Å². The molecule has 6 aromatic heterocycles. The minimum Gasteiger partial charge on any atom is -0.477 e. The first-order valence-corrected chi connectivity index (χ1v) is 16.2. The number of fused-ring (bicyclic) bond motifs is 2. The smallest absolute Gasteiger partial charge is 0.222 e. The van der Waals surface area contributed by atoms with Gasteiger partial charge in [-0.15, -0.1) is 0 Å². The van der Waals surface area contributed by atoms with Crippen LogP contribution < -0.4 is 9.47 Å². The van der Waals surface area contributed by atoms with Crippen LogP contribution in [-0.4, -0.2) is 51.9 Å². The molecule has 0 N–H and O–H groups in total. The summed E-state index contributed by atoms with van der Waals surface area (Å²) in [6.45, 7) is 17.8. The van der Waals surface area contributed by atoms with Crippen molar-refractivity contribution in [1.29, 1.82) is 0 Å². The van der Waals surface area contributed by atoms with E-state index in [0.29, 0.717) is 36.8 Å². The number of pyridine rings is 2. The first-order valence-electron chi connectivity index (χ1n) is 16.2. The largest absolute Gasteiger partial charge is 0.477 e. The fourth-order valence-corrected chi connectivity index (χ4v) is 5.31. The summed E-state index contributed by atoms with van der Waals surface area (Å²) in [7, 11) is 0. The van der Waals surface area contributed by atoms with Gasteiger partial charge in [-0.1, -0.05) is 27.7 Å². The van der Waals surface area contributed by atoms with Crippen LogP contribution in [0.15, 0.2) is 61.2 Å². The van der Waals surface area contributed by atoms with Crippen LogP contribution in [0.25, 0.3) is 33.8 Å². The Morgan fingerprint density at radius 2 is 1.02 bits per heavy atom. The monoisotopic (exact) mass is 620 g/mol. The first kappa shape index (κ1) is 32.5. The second-order valence-electron chi connectivity index (χ2n) is 11.3. The van der Waals surface area contributed by atoms with Crippen molar-refractivity contribution >= 4 is 11.3 Å². The van der Waals surface area contributed by atoms with Gasteiger partial charge in [0.05, 0.1) is 47.1 Å². The number of hydrogen-bond acceptors (Lipinski definition) is 8. The number of hydrogen-bond donors (Lipinski definition) is 0. The Balaban J connectivity index is 0.000000181. The summed E-state index contributed by atoms with van der Waals surface area (Å²) in [6.07, 6.45) is 9.66. The molecule has 6 rings (SSSR count). The predicted molar refractivity (Wildman–Crippen MR) is 182 cm³/mol. The number of rotatable bonds is 10. The highest BCUT2D eigenvalue weighted by molar-refractivity contribution is 5.68. The number of imidazole rings is 2. The summed E-state index contributed by atoms with van der Waals surface area (Å²) < 4.78 is 15.4. The maximum absolute atomic E-state index is 5.62. The van der Waals surface area contributed by atoms with Gasteiger partial charge >= 0.3 is 0 Å². The fourth-order valence-electron chi connectivity index (χ4n) is 5.31. The summed E-state index contributed by atoms with van der Waals surface area (Å²) >= 11 is 0. The zero-order valence-corrected chi connectivity index (χ0v) is 28.2. The van der Waals surface area contributed by atoms with Crippen LogP contribution in [0.4, 0.5) is 0 Å². The van der Waals surface area contributed by atoms with E-state index in [1.54, 1.807) is 12.4 Å². The van der Waals surface area contributed by atoms with Gasteiger partial charge in [0.1, 0.15) is 11.6 Å². The SMILES string of the molecule is CCOc1ncccc1-c1ccn2c([C@@H](C)CC)nc(C)c2n1.CCOc1ncccc1-c1ccn2c([C@H](C)CC)nc(C)c2n1. The Morgan fingerprint density at radius 3 is 1.39 bits per heavy atom. The van der Waals surface area contributed by atoms with Gasteiger partial charge in [0.25, 0.3) is 0 Å². The molecular weight excluding hydrogens is 576 g/mol. The molecule has 6 heterocycles. The first-order chi connectivity index (χ1) is 22.3. The fraction of sp³-hybridized carbons (Fsp3) is 0.389.